The van der Waals surface area contributed by atoms with E-state index in [9.17, 15) is 0 Å². The molecule has 8 aromatic carbocycles. The quantitative estimate of drug-likeness (QED) is 0.177. The Hall–Kier alpha value is -6.78. The van der Waals surface area contributed by atoms with Gasteiger partial charge < -0.3 is 4.40 Å². The molecule has 4 heteroatoms. The van der Waals surface area contributed by atoms with Crippen molar-refractivity contribution in [3.05, 3.63) is 158 Å². The zero-order chi connectivity index (χ0) is 32.5. The van der Waals surface area contributed by atoms with Crippen molar-refractivity contribution in [1.82, 2.24) is 18.9 Å². The van der Waals surface area contributed by atoms with E-state index in [2.05, 4.69) is 167 Å². The predicted molar refractivity (Wildman–Crippen MR) is 209 cm³/mol. The third kappa shape index (κ3) is 3.30. The Bertz CT molecular complexity index is 3370. The van der Waals surface area contributed by atoms with Crippen molar-refractivity contribution in [3.63, 3.8) is 0 Å². The fourth-order valence-corrected chi connectivity index (χ4v) is 8.71. The fraction of sp³-hybridized carbons (Fsp3) is 0. The van der Waals surface area contributed by atoms with Gasteiger partial charge in [-0.25, -0.2) is 9.97 Å². The first-order chi connectivity index (χ1) is 24.8. The largest absolute Gasteiger partial charge is 0.308 e. The van der Waals surface area contributed by atoms with Gasteiger partial charge in [-0.1, -0.05) is 121 Å². The molecular formula is C46H26N4. The van der Waals surface area contributed by atoms with Crippen LogP contribution in [0, 0.1) is 0 Å². The molecule has 50 heavy (non-hydrogen) atoms. The lowest BCUT2D eigenvalue weighted by molar-refractivity contribution is 1.02. The molecule has 0 amide bonds. The van der Waals surface area contributed by atoms with Crippen LogP contribution in [0.1, 0.15) is 0 Å². The van der Waals surface area contributed by atoms with Crippen molar-refractivity contribution < 1.29 is 0 Å². The Morgan fingerprint density at radius 1 is 0.380 bits per heavy atom. The second kappa shape index (κ2) is 9.43. The van der Waals surface area contributed by atoms with Crippen molar-refractivity contribution >= 4 is 92.3 Å². The fourth-order valence-electron chi connectivity index (χ4n) is 8.71. The Morgan fingerprint density at radius 3 is 1.90 bits per heavy atom. The molecule has 0 aliphatic heterocycles. The number of hydrogen-bond acceptors (Lipinski definition) is 2. The summed E-state index contributed by atoms with van der Waals surface area (Å²) < 4.78 is 4.78. The molecule has 230 valence electrons. The third-order valence-corrected chi connectivity index (χ3v) is 10.8. The summed E-state index contributed by atoms with van der Waals surface area (Å²) in [6.45, 7) is 0. The van der Waals surface area contributed by atoms with E-state index in [1.54, 1.807) is 0 Å². The van der Waals surface area contributed by atoms with Gasteiger partial charge in [0.25, 0.3) is 0 Å². The van der Waals surface area contributed by atoms with Crippen LogP contribution in [0.25, 0.3) is 110 Å². The summed E-state index contributed by atoms with van der Waals surface area (Å²) in [5.41, 5.74) is 8.86. The van der Waals surface area contributed by atoms with Crippen LogP contribution in [0.3, 0.4) is 0 Å². The molecule has 0 aliphatic rings. The van der Waals surface area contributed by atoms with Gasteiger partial charge in [0.2, 0.25) is 5.95 Å². The molecule has 12 rings (SSSR count). The Kier molecular flexibility index (Phi) is 4.94. The number of para-hydroxylation sites is 2. The van der Waals surface area contributed by atoms with E-state index in [-0.39, 0.29) is 0 Å². The van der Waals surface area contributed by atoms with Gasteiger partial charge in [0.1, 0.15) is 0 Å². The van der Waals surface area contributed by atoms with Crippen LogP contribution >= 0.6 is 0 Å². The standard InChI is InChI=1S/C46H26N4/c1-2-13-28(14-3-1)44-41-31-17-7-6-12-27(31)22-23-36(41)47-46(48-44)50-38-21-11-9-19-33(38)42-40(50)26-34-32-18-8-10-20-37(32)49-39-25-30-16-5-4-15-29(30)24-35(39)43(42)45(34)49/h1-26H. The maximum atomic E-state index is 5.49. The summed E-state index contributed by atoms with van der Waals surface area (Å²) in [5, 5.41) is 13.3. The molecule has 4 heterocycles. The summed E-state index contributed by atoms with van der Waals surface area (Å²) >= 11 is 0. The first-order valence-electron chi connectivity index (χ1n) is 17.1. The number of benzene rings is 8. The molecule has 0 radical (unpaired) electrons. The van der Waals surface area contributed by atoms with Crippen molar-refractivity contribution in [2.45, 2.75) is 0 Å². The number of aromatic nitrogens is 4. The van der Waals surface area contributed by atoms with Crippen LogP contribution in [0.5, 0.6) is 0 Å². The van der Waals surface area contributed by atoms with Gasteiger partial charge >= 0.3 is 0 Å². The van der Waals surface area contributed by atoms with Crippen LogP contribution in [0.4, 0.5) is 0 Å². The minimum Gasteiger partial charge on any atom is -0.308 e. The second-order valence-corrected chi connectivity index (χ2v) is 13.4. The summed E-state index contributed by atoms with van der Waals surface area (Å²) in [7, 11) is 0. The highest BCUT2D eigenvalue weighted by molar-refractivity contribution is 6.36. The zero-order valence-corrected chi connectivity index (χ0v) is 26.8. The highest BCUT2D eigenvalue weighted by Gasteiger charge is 2.25. The smallest absolute Gasteiger partial charge is 0.235 e. The van der Waals surface area contributed by atoms with E-state index < -0.39 is 0 Å². The van der Waals surface area contributed by atoms with Gasteiger partial charge in [-0.2, -0.15) is 0 Å². The van der Waals surface area contributed by atoms with Crippen LogP contribution in [-0.4, -0.2) is 18.9 Å². The maximum Gasteiger partial charge on any atom is 0.235 e. The van der Waals surface area contributed by atoms with Crippen LogP contribution < -0.4 is 0 Å². The van der Waals surface area contributed by atoms with Crippen molar-refractivity contribution in [2.75, 3.05) is 0 Å². The molecule has 0 saturated carbocycles. The van der Waals surface area contributed by atoms with Gasteiger partial charge in [-0.05, 0) is 57.9 Å². The number of fused-ring (bicyclic) bond motifs is 14. The van der Waals surface area contributed by atoms with Crippen LogP contribution in [-0.2, 0) is 0 Å². The van der Waals surface area contributed by atoms with Crippen molar-refractivity contribution in [1.29, 1.82) is 0 Å². The molecule has 0 spiro atoms. The van der Waals surface area contributed by atoms with Crippen LogP contribution in [0.2, 0.25) is 0 Å². The molecule has 4 aromatic heterocycles. The lowest BCUT2D eigenvalue weighted by Gasteiger charge is -2.13. The maximum absolute atomic E-state index is 5.49. The third-order valence-electron chi connectivity index (χ3n) is 10.8. The summed E-state index contributed by atoms with van der Waals surface area (Å²) in [4.78, 5) is 10.9. The molecule has 0 atom stereocenters. The Morgan fingerprint density at radius 2 is 1.06 bits per heavy atom. The van der Waals surface area contributed by atoms with Gasteiger partial charge in [-0.3, -0.25) is 4.57 Å². The van der Waals surface area contributed by atoms with Gasteiger partial charge in [0.15, 0.2) is 0 Å². The minimum absolute atomic E-state index is 0.671. The number of hydrogen-bond donors (Lipinski definition) is 0. The lowest BCUT2D eigenvalue weighted by Crippen LogP contribution is -2.03. The predicted octanol–water partition coefficient (Wildman–Crippen LogP) is 11.9. The highest BCUT2D eigenvalue weighted by atomic mass is 15.2. The van der Waals surface area contributed by atoms with E-state index in [4.69, 9.17) is 9.97 Å². The minimum atomic E-state index is 0.671. The van der Waals surface area contributed by atoms with E-state index >= 15 is 0 Å². The molecule has 0 saturated heterocycles. The van der Waals surface area contributed by atoms with E-state index in [1.165, 1.54) is 65.0 Å². The molecule has 4 nitrogen and oxygen atoms in total. The number of rotatable bonds is 2. The normalized spacial score (nSPS) is 12.4. The Labute approximate surface area is 285 Å². The van der Waals surface area contributed by atoms with Crippen molar-refractivity contribution in [3.8, 4) is 17.2 Å². The number of nitrogens with zero attached hydrogens (tertiary/aromatic N) is 4. The monoisotopic (exact) mass is 634 g/mol. The summed E-state index contributed by atoms with van der Waals surface area (Å²) in [6.07, 6.45) is 0. The van der Waals surface area contributed by atoms with Gasteiger partial charge in [0.05, 0.1) is 38.8 Å². The van der Waals surface area contributed by atoms with Crippen LogP contribution in [0.15, 0.2) is 158 Å². The molecule has 0 N–H and O–H groups in total. The molecule has 0 bridgehead atoms. The summed E-state index contributed by atoms with van der Waals surface area (Å²) in [5.74, 6) is 0.671. The van der Waals surface area contributed by atoms with E-state index in [0.717, 1.165) is 38.6 Å². The first-order valence-corrected chi connectivity index (χ1v) is 17.1. The van der Waals surface area contributed by atoms with Crippen molar-refractivity contribution in [2.24, 2.45) is 0 Å². The molecule has 0 aliphatic carbocycles. The van der Waals surface area contributed by atoms with Gasteiger partial charge in [-0.15, -0.1) is 0 Å². The lowest BCUT2D eigenvalue weighted by atomic mass is 10.00. The molecular weight excluding hydrogens is 609 g/mol. The zero-order valence-electron chi connectivity index (χ0n) is 26.8. The first kappa shape index (κ1) is 26.2. The average Bonchev–Trinajstić information content (AvgIpc) is 3.81. The highest BCUT2D eigenvalue weighted by Crippen LogP contribution is 2.47. The second-order valence-electron chi connectivity index (χ2n) is 13.4. The van der Waals surface area contributed by atoms with Gasteiger partial charge in [0, 0.05) is 43.3 Å². The SMILES string of the molecule is c1ccc(-c2nc(-n3c4ccccc4c4c5c6cc7ccccc7cc6n6c7ccccc7c(cc43)c56)nc3ccc4ccccc4c23)cc1. The molecule has 0 fully saturated rings. The Balaban J connectivity index is 1.31. The molecule has 0 unspecified atom stereocenters. The topological polar surface area (TPSA) is 35.1 Å². The van der Waals surface area contributed by atoms with E-state index in [0.29, 0.717) is 5.95 Å². The molecule has 12 aromatic rings. The van der Waals surface area contributed by atoms with E-state index in [1.807, 2.05) is 0 Å². The average molecular weight is 635 g/mol. The summed E-state index contributed by atoms with van der Waals surface area (Å²) in [6, 6.07) is 56.8.